The van der Waals surface area contributed by atoms with Crippen molar-refractivity contribution in [3.63, 3.8) is 0 Å². The number of amides is 2. The second kappa shape index (κ2) is 6.15. The monoisotopic (exact) mass is 278 g/mol. The molecule has 0 aromatic carbocycles. The van der Waals surface area contributed by atoms with Gasteiger partial charge in [-0.15, -0.1) is 0 Å². The number of carbonyl (C=O) groups excluding carboxylic acids is 2. The van der Waals surface area contributed by atoms with Crippen LogP contribution in [0.5, 0.6) is 0 Å². The van der Waals surface area contributed by atoms with Gasteiger partial charge in [0.25, 0.3) is 0 Å². The fraction of sp³-hybridized carbons (Fsp3) is 0.875. The van der Waals surface area contributed by atoms with E-state index in [4.69, 9.17) is 0 Å². The Kier molecular flexibility index (Phi) is 4.27. The van der Waals surface area contributed by atoms with Crippen LogP contribution in [0.1, 0.15) is 64.2 Å². The molecule has 0 bridgehead atoms. The van der Waals surface area contributed by atoms with E-state index in [2.05, 4.69) is 5.32 Å². The van der Waals surface area contributed by atoms with Crippen LogP contribution in [0.4, 0.5) is 0 Å². The summed E-state index contributed by atoms with van der Waals surface area (Å²) >= 11 is 0. The normalized spacial score (nSPS) is 29.1. The van der Waals surface area contributed by atoms with E-state index in [0.29, 0.717) is 25.0 Å². The third-order valence-electron chi connectivity index (χ3n) is 5.25. The van der Waals surface area contributed by atoms with Crippen molar-refractivity contribution in [1.29, 1.82) is 0 Å². The number of hydrogen-bond donors (Lipinski definition) is 1. The quantitative estimate of drug-likeness (QED) is 0.860. The van der Waals surface area contributed by atoms with Crippen molar-refractivity contribution in [1.82, 2.24) is 10.2 Å². The van der Waals surface area contributed by atoms with Gasteiger partial charge in [-0.1, -0.05) is 32.1 Å². The smallest absolute Gasteiger partial charge is 0.225 e. The molecule has 1 atom stereocenters. The van der Waals surface area contributed by atoms with Crippen molar-refractivity contribution in [2.24, 2.45) is 5.92 Å². The van der Waals surface area contributed by atoms with Gasteiger partial charge in [0, 0.05) is 25.0 Å². The first-order chi connectivity index (χ1) is 9.74. The van der Waals surface area contributed by atoms with Gasteiger partial charge in [-0.3, -0.25) is 9.59 Å². The van der Waals surface area contributed by atoms with Gasteiger partial charge in [0.1, 0.15) is 0 Å². The molecule has 3 fully saturated rings. The van der Waals surface area contributed by atoms with Crippen molar-refractivity contribution < 1.29 is 9.59 Å². The molecule has 112 valence electrons. The first-order valence-electron chi connectivity index (χ1n) is 8.34. The summed E-state index contributed by atoms with van der Waals surface area (Å²) < 4.78 is 0. The van der Waals surface area contributed by atoms with Gasteiger partial charge in [-0.2, -0.15) is 0 Å². The standard InChI is InChI=1S/C16H26N2O2/c19-15-10-12(11-18(15)14-8-4-5-9-14)16(20)17-13-6-2-1-3-7-13/h12-14H,1-11H2,(H,17,20). The number of likely N-dealkylation sites (tertiary alicyclic amines) is 1. The summed E-state index contributed by atoms with van der Waals surface area (Å²) in [5.41, 5.74) is 0. The summed E-state index contributed by atoms with van der Waals surface area (Å²) in [6.45, 7) is 0.655. The zero-order chi connectivity index (χ0) is 13.9. The minimum Gasteiger partial charge on any atom is -0.353 e. The fourth-order valence-electron chi connectivity index (χ4n) is 4.04. The molecule has 1 unspecified atom stereocenters. The van der Waals surface area contributed by atoms with Gasteiger partial charge in [0.15, 0.2) is 0 Å². The van der Waals surface area contributed by atoms with Gasteiger partial charge in [-0.25, -0.2) is 0 Å². The van der Waals surface area contributed by atoms with E-state index in [-0.39, 0.29) is 17.7 Å². The van der Waals surface area contributed by atoms with Crippen molar-refractivity contribution in [3.05, 3.63) is 0 Å². The van der Waals surface area contributed by atoms with Crippen LogP contribution in [0.2, 0.25) is 0 Å². The lowest BCUT2D eigenvalue weighted by Gasteiger charge is -2.25. The molecular formula is C16H26N2O2. The van der Waals surface area contributed by atoms with E-state index in [0.717, 1.165) is 25.7 Å². The van der Waals surface area contributed by atoms with Crippen LogP contribution in [0.3, 0.4) is 0 Å². The van der Waals surface area contributed by atoms with Crippen LogP contribution in [0.25, 0.3) is 0 Å². The van der Waals surface area contributed by atoms with E-state index >= 15 is 0 Å². The van der Waals surface area contributed by atoms with E-state index < -0.39 is 0 Å². The molecule has 0 spiro atoms. The Morgan fingerprint density at radius 1 is 1.00 bits per heavy atom. The Morgan fingerprint density at radius 2 is 1.65 bits per heavy atom. The zero-order valence-electron chi connectivity index (χ0n) is 12.3. The Labute approximate surface area is 121 Å². The number of rotatable bonds is 3. The second-order valence-electron chi connectivity index (χ2n) is 6.73. The van der Waals surface area contributed by atoms with Gasteiger partial charge >= 0.3 is 0 Å². The summed E-state index contributed by atoms with van der Waals surface area (Å²) in [6.07, 6.45) is 11.1. The maximum atomic E-state index is 12.3. The van der Waals surface area contributed by atoms with E-state index in [9.17, 15) is 9.59 Å². The number of carbonyl (C=O) groups is 2. The Balaban J connectivity index is 1.52. The highest BCUT2D eigenvalue weighted by Crippen LogP contribution is 2.29. The van der Waals surface area contributed by atoms with Crippen LogP contribution >= 0.6 is 0 Å². The molecule has 2 aliphatic carbocycles. The van der Waals surface area contributed by atoms with Crippen molar-refractivity contribution in [3.8, 4) is 0 Å². The van der Waals surface area contributed by atoms with E-state index in [1.165, 1.54) is 32.1 Å². The molecule has 3 aliphatic rings. The zero-order valence-corrected chi connectivity index (χ0v) is 12.3. The van der Waals surface area contributed by atoms with E-state index in [1.807, 2.05) is 4.90 Å². The highest BCUT2D eigenvalue weighted by atomic mass is 16.2. The molecule has 4 nitrogen and oxygen atoms in total. The molecule has 1 saturated heterocycles. The summed E-state index contributed by atoms with van der Waals surface area (Å²) in [4.78, 5) is 26.4. The third kappa shape index (κ3) is 2.99. The van der Waals surface area contributed by atoms with Crippen LogP contribution in [0, 0.1) is 5.92 Å². The van der Waals surface area contributed by atoms with Crippen LogP contribution in [-0.4, -0.2) is 35.3 Å². The fourth-order valence-corrected chi connectivity index (χ4v) is 4.04. The molecule has 0 radical (unpaired) electrons. The van der Waals surface area contributed by atoms with Gasteiger partial charge < -0.3 is 10.2 Å². The summed E-state index contributed by atoms with van der Waals surface area (Å²) in [5.74, 6) is 0.205. The molecule has 4 heteroatoms. The summed E-state index contributed by atoms with van der Waals surface area (Å²) in [7, 11) is 0. The predicted molar refractivity (Wildman–Crippen MR) is 77.1 cm³/mol. The van der Waals surface area contributed by atoms with Gasteiger partial charge in [0.05, 0.1) is 5.92 Å². The van der Waals surface area contributed by atoms with Crippen molar-refractivity contribution >= 4 is 11.8 Å². The SMILES string of the molecule is O=C(NC1CCCCC1)C1CC(=O)N(C2CCCC2)C1. The van der Waals surface area contributed by atoms with Crippen LogP contribution in [0.15, 0.2) is 0 Å². The molecule has 2 saturated carbocycles. The maximum absolute atomic E-state index is 12.3. The molecule has 0 aromatic rings. The van der Waals surface area contributed by atoms with E-state index in [1.54, 1.807) is 0 Å². The van der Waals surface area contributed by atoms with Crippen LogP contribution in [-0.2, 0) is 9.59 Å². The maximum Gasteiger partial charge on any atom is 0.225 e. The first kappa shape index (κ1) is 13.9. The molecule has 3 rings (SSSR count). The Hall–Kier alpha value is -1.06. The molecule has 2 amide bonds. The molecule has 1 heterocycles. The number of nitrogens with one attached hydrogen (secondary N) is 1. The predicted octanol–water partition coefficient (Wildman–Crippen LogP) is 2.23. The second-order valence-corrected chi connectivity index (χ2v) is 6.73. The Bertz CT molecular complexity index is 371. The van der Waals surface area contributed by atoms with Gasteiger partial charge in [-0.05, 0) is 25.7 Å². The topological polar surface area (TPSA) is 49.4 Å². The average Bonchev–Trinajstić information content (AvgIpc) is 3.08. The average molecular weight is 278 g/mol. The lowest BCUT2D eigenvalue weighted by molar-refractivity contribution is -0.130. The minimum absolute atomic E-state index is 0.106. The molecule has 1 aliphatic heterocycles. The summed E-state index contributed by atoms with van der Waals surface area (Å²) in [6, 6.07) is 0.766. The highest BCUT2D eigenvalue weighted by Gasteiger charge is 2.39. The van der Waals surface area contributed by atoms with Crippen molar-refractivity contribution in [2.75, 3.05) is 6.54 Å². The number of hydrogen-bond acceptors (Lipinski definition) is 2. The molecular weight excluding hydrogens is 252 g/mol. The summed E-state index contributed by atoms with van der Waals surface area (Å²) in [5, 5.41) is 3.17. The van der Waals surface area contributed by atoms with Crippen LogP contribution < -0.4 is 5.32 Å². The minimum atomic E-state index is -0.106. The highest BCUT2D eigenvalue weighted by molar-refractivity contribution is 5.89. The van der Waals surface area contributed by atoms with Gasteiger partial charge in [0.2, 0.25) is 11.8 Å². The molecule has 1 N–H and O–H groups in total. The van der Waals surface area contributed by atoms with Crippen molar-refractivity contribution in [2.45, 2.75) is 76.3 Å². The largest absolute Gasteiger partial charge is 0.353 e. The molecule has 20 heavy (non-hydrogen) atoms. The molecule has 0 aromatic heterocycles. The number of nitrogens with zero attached hydrogens (tertiary/aromatic N) is 1. The Morgan fingerprint density at radius 3 is 2.35 bits per heavy atom. The lowest BCUT2D eigenvalue weighted by atomic mass is 9.95. The first-order valence-corrected chi connectivity index (χ1v) is 8.34. The third-order valence-corrected chi connectivity index (χ3v) is 5.25. The lowest BCUT2D eigenvalue weighted by Crippen LogP contribution is -2.41.